The molecule has 0 heterocycles. The normalized spacial score (nSPS) is 12.8. The fraction of sp³-hybridized carbons (Fsp3) is 0.273. The van der Waals surface area contributed by atoms with Crippen LogP contribution in [0.3, 0.4) is 0 Å². The molecule has 1 aromatic rings. The minimum absolute atomic E-state index is 0.0169. The monoisotopic (exact) mass is 293 g/mol. The number of amides is 1. The van der Waals surface area contributed by atoms with Crippen molar-refractivity contribution in [1.82, 2.24) is 0 Å². The largest absolute Gasteiger partial charge is 0.481 e. The van der Waals surface area contributed by atoms with Gasteiger partial charge in [0.2, 0.25) is 5.91 Å². The minimum Gasteiger partial charge on any atom is -0.481 e. The second kappa shape index (κ2) is 5.96. The molecule has 0 spiro atoms. The number of carbonyl (C=O) groups is 2. The smallest absolute Gasteiger partial charge is 0.446 e. The fourth-order valence-corrected chi connectivity index (χ4v) is 1.64. The minimum atomic E-state index is -4.37. The third-order valence-electron chi connectivity index (χ3n) is 2.12. The number of anilines is 1. The van der Waals surface area contributed by atoms with Crippen LogP contribution in [0.25, 0.3) is 0 Å². The van der Waals surface area contributed by atoms with Crippen LogP contribution in [0.1, 0.15) is 6.92 Å². The Morgan fingerprint density at radius 3 is 2.21 bits per heavy atom. The molecular weight excluding hydrogens is 283 g/mol. The van der Waals surface area contributed by atoms with Gasteiger partial charge in [-0.25, -0.2) is 0 Å². The molecule has 0 aliphatic rings. The Morgan fingerprint density at radius 2 is 1.79 bits per heavy atom. The van der Waals surface area contributed by atoms with E-state index in [0.29, 0.717) is 0 Å². The Morgan fingerprint density at radius 1 is 1.26 bits per heavy atom. The van der Waals surface area contributed by atoms with Crippen LogP contribution >= 0.6 is 11.8 Å². The molecule has 0 aliphatic carbocycles. The van der Waals surface area contributed by atoms with E-state index in [1.165, 1.54) is 31.2 Å². The summed E-state index contributed by atoms with van der Waals surface area (Å²) in [6, 6.07) is 4.94. The summed E-state index contributed by atoms with van der Waals surface area (Å²) in [6.45, 7) is 1.21. The van der Waals surface area contributed by atoms with Gasteiger partial charge in [0.25, 0.3) is 0 Å². The van der Waals surface area contributed by atoms with Crippen molar-refractivity contribution in [2.45, 2.75) is 17.3 Å². The summed E-state index contributed by atoms with van der Waals surface area (Å²) in [5.74, 6) is -3.24. The number of alkyl halides is 3. The zero-order chi connectivity index (χ0) is 14.6. The highest BCUT2D eigenvalue weighted by Gasteiger charge is 2.29. The molecule has 0 saturated heterocycles. The maximum atomic E-state index is 12.1. The van der Waals surface area contributed by atoms with E-state index in [1.54, 1.807) is 0 Å². The maximum absolute atomic E-state index is 12.1. The predicted octanol–water partition coefficient (Wildman–Crippen LogP) is 2.96. The first-order valence-corrected chi connectivity index (χ1v) is 5.90. The topological polar surface area (TPSA) is 66.4 Å². The number of benzene rings is 1. The van der Waals surface area contributed by atoms with Crippen LogP contribution in [0, 0.1) is 5.92 Å². The van der Waals surface area contributed by atoms with Gasteiger partial charge in [0.15, 0.2) is 0 Å². The molecule has 0 saturated carbocycles. The SMILES string of the molecule is CC(C(=O)O)C(=O)Nc1ccc(SC(F)(F)F)cc1. The van der Waals surface area contributed by atoms with Crippen LogP contribution in [0.15, 0.2) is 29.2 Å². The molecule has 0 aromatic heterocycles. The maximum Gasteiger partial charge on any atom is 0.446 e. The lowest BCUT2D eigenvalue weighted by atomic mass is 10.1. The van der Waals surface area contributed by atoms with E-state index in [4.69, 9.17) is 5.11 Å². The Hall–Kier alpha value is -1.70. The molecular formula is C11H10F3NO3S. The van der Waals surface area contributed by atoms with E-state index in [9.17, 15) is 22.8 Å². The van der Waals surface area contributed by atoms with E-state index < -0.39 is 23.3 Å². The average Bonchev–Trinajstić information content (AvgIpc) is 2.28. The third-order valence-corrected chi connectivity index (χ3v) is 2.86. The molecule has 0 fully saturated rings. The summed E-state index contributed by atoms with van der Waals surface area (Å²) >= 11 is -0.267. The Labute approximate surface area is 111 Å². The standard InChI is InChI=1S/C11H10F3NO3S/c1-6(10(17)18)9(16)15-7-2-4-8(5-3-7)19-11(12,13)14/h2-6H,1H3,(H,15,16)(H,17,18). The van der Waals surface area contributed by atoms with Crippen LogP contribution in [0.2, 0.25) is 0 Å². The molecule has 1 unspecified atom stereocenters. The Kier molecular flexibility index (Phi) is 4.82. The van der Waals surface area contributed by atoms with Gasteiger partial charge >= 0.3 is 11.5 Å². The first-order chi connectivity index (χ1) is 8.69. The molecule has 1 atom stereocenters. The summed E-state index contributed by atoms with van der Waals surface area (Å²) in [5.41, 5.74) is -4.13. The molecule has 19 heavy (non-hydrogen) atoms. The van der Waals surface area contributed by atoms with Gasteiger partial charge in [-0.1, -0.05) is 0 Å². The number of carboxylic acids is 1. The highest BCUT2D eigenvalue weighted by atomic mass is 32.2. The number of carboxylic acid groups (broad SMARTS) is 1. The van der Waals surface area contributed by atoms with Crippen molar-refractivity contribution in [3.8, 4) is 0 Å². The number of carbonyl (C=O) groups excluding carboxylic acids is 1. The number of rotatable bonds is 4. The Balaban J connectivity index is 2.67. The number of thioether (sulfide) groups is 1. The predicted molar refractivity (Wildman–Crippen MR) is 63.8 cm³/mol. The van der Waals surface area contributed by atoms with Gasteiger partial charge in [-0.05, 0) is 43.0 Å². The molecule has 0 bridgehead atoms. The van der Waals surface area contributed by atoms with Crippen molar-refractivity contribution in [2.24, 2.45) is 5.92 Å². The second-order valence-electron chi connectivity index (χ2n) is 3.62. The van der Waals surface area contributed by atoms with Gasteiger partial charge in [-0.2, -0.15) is 13.2 Å². The van der Waals surface area contributed by atoms with Gasteiger partial charge in [-0.15, -0.1) is 0 Å². The number of hydrogen-bond acceptors (Lipinski definition) is 3. The molecule has 1 aromatic carbocycles. The van der Waals surface area contributed by atoms with Crippen molar-refractivity contribution in [3.05, 3.63) is 24.3 Å². The molecule has 0 radical (unpaired) electrons. The van der Waals surface area contributed by atoms with Gasteiger partial charge in [0, 0.05) is 10.6 Å². The molecule has 8 heteroatoms. The van der Waals surface area contributed by atoms with Crippen molar-refractivity contribution in [3.63, 3.8) is 0 Å². The number of aliphatic carboxylic acids is 1. The molecule has 0 aliphatic heterocycles. The highest BCUT2D eigenvalue weighted by molar-refractivity contribution is 8.00. The average molecular weight is 293 g/mol. The van der Waals surface area contributed by atoms with E-state index in [0.717, 1.165) is 0 Å². The van der Waals surface area contributed by atoms with Crippen molar-refractivity contribution < 1.29 is 27.9 Å². The van der Waals surface area contributed by atoms with E-state index in [1.807, 2.05) is 0 Å². The number of halogens is 3. The van der Waals surface area contributed by atoms with E-state index >= 15 is 0 Å². The lowest BCUT2D eigenvalue weighted by Crippen LogP contribution is -2.26. The van der Waals surface area contributed by atoms with Crippen LogP contribution in [0.5, 0.6) is 0 Å². The van der Waals surface area contributed by atoms with Crippen LogP contribution < -0.4 is 5.32 Å². The Bertz CT molecular complexity index is 473. The summed E-state index contributed by atoms with van der Waals surface area (Å²) in [4.78, 5) is 21.9. The van der Waals surface area contributed by atoms with Crippen molar-refractivity contribution in [1.29, 1.82) is 0 Å². The zero-order valence-electron chi connectivity index (χ0n) is 9.69. The zero-order valence-corrected chi connectivity index (χ0v) is 10.5. The molecule has 4 nitrogen and oxygen atoms in total. The number of nitrogens with one attached hydrogen (secondary N) is 1. The lowest BCUT2D eigenvalue weighted by Gasteiger charge is -2.09. The summed E-state index contributed by atoms with van der Waals surface area (Å²) < 4.78 is 36.2. The van der Waals surface area contributed by atoms with Gasteiger partial charge in [0.05, 0.1) is 0 Å². The molecule has 1 amide bonds. The highest BCUT2D eigenvalue weighted by Crippen LogP contribution is 2.37. The third kappa shape index (κ3) is 5.21. The van der Waals surface area contributed by atoms with Crippen molar-refractivity contribution >= 4 is 29.3 Å². The van der Waals surface area contributed by atoms with E-state index in [2.05, 4.69) is 5.32 Å². The molecule has 104 valence electrons. The van der Waals surface area contributed by atoms with E-state index in [-0.39, 0.29) is 22.3 Å². The fourth-order valence-electron chi connectivity index (χ4n) is 1.10. The first kappa shape index (κ1) is 15.4. The molecule has 2 N–H and O–H groups in total. The van der Waals surface area contributed by atoms with Gasteiger partial charge in [-0.3, -0.25) is 9.59 Å². The van der Waals surface area contributed by atoms with Gasteiger partial charge in [0.1, 0.15) is 5.92 Å². The molecule has 1 rings (SSSR count). The van der Waals surface area contributed by atoms with Gasteiger partial charge < -0.3 is 10.4 Å². The lowest BCUT2D eigenvalue weighted by molar-refractivity contribution is -0.144. The summed E-state index contributed by atoms with van der Waals surface area (Å²) in [5, 5.41) is 10.9. The van der Waals surface area contributed by atoms with Crippen molar-refractivity contribution in [2.75, 3.05) is 5.32 Å². The second-order valence-corrected chi connectivity index (χ2v) is 4.76. The van der Waals surface area contributed by atoms with Crippen LogP contribution in [0.4, 0.5) is 18.9 Å². The summed E-state index contributed by atoms with van der Waals surface area (Å²) in [6.07, 6.45) is 0. The van der Waals surface area contributed by atoms with Crippen LogP contribution in [-0.2, 0) is 9.59 Å². The quantitative estimate of drug-likeness (QED) is 0.661. The van der Waals surface area contributed by atoms with Crippen LogP contribution in [-0.4, -0.2) is 22.5 Å². The summed E-state index contributed by atoms with van der Waals surface area (Å²) in [7, 11) is 0. The number of hydrogen-bond donors (Lipinski definition) is 2. The first-order valence-electron chi connectivity index (χ1n) is 5.08.